The molecule has 0 saturated heterocycles. The fourth-order valence-electron chi connectivity index (χ4n) is 1.10. The smallest absolute Gasteiger partial charge is 0.226 e. The zero-order chi connectivity index (χ0) is 9.14. The molecule has 0 aliphatic carbocycles. The highest BCUT2D eigenvalue weighted by Gasteiger charge is 2.05. The van der Waals surface area contributed by atoms with Crippen molar-refractivity contribution in [2.24, 2.45) is 7.05 Å². The molecule has 0 unspecified atom stereocenters. The molecular formula is C8H14N4. The van der Waals surface area contributed by atoms with E-state index in [-0.39, 0.29) is 0 Å². The summed E-state index contributed by atoms with van der Waals surface area (Å²) in [5, 5.41) is 7.76. The van der Waals surface area contributed by atoms with Crippen LogP contribution in [-0.2, 0) is 7.05 Å². The first-order chi connectivity index (χ1) is 5.61. The van der Waals surface area contributed by atoms with Crippen LogP contribution in [0.4, 0.5) is 5.95 Å². The lowest BCUT2D eigenvalue weighted by Crippen LogP contribution is -2.22. The zero-order valence-corrected chi connectivity index (χ0v) is 7.78. The third kappa shape index (κ3) is 1.84. The molecule has 4 heteroatoms. The van der Waals surface area contributed by atoms with Crippen LogP contribution in [0.2, 0.25) is 0 Å². The van der Waals surface area contributed by atoms with Crippen LogP contribution in [0.3, 0.4) is 0 Å². The van der Waals surface area contributed by atoms with Gasteiger partial charge in [0.2, 0.25) is 5.95 Å². The van der Waals surface area contributed by atoms with E-state index in [1.807, 2.05) is 30.5 Å². The number of rotatable bonds is 3. The van der Waals surface area contributed by atoms with Crippen LogP contribution >= 0.6 is 0 Å². The first-order valence-electron chi connectivity index (χ1n) is 3.80. The summed E-state index contributed by atoms with van der Waals surface area (Å²) in [4.78, 5) is 2.01. The van der Waals surface area contributed by atoms with Gasteiger partial charge in [0, 0.05) is 20.6 Å². The van der Waals surface area contributed by atoms with Gasteiger partial charge in [-0.1, -0.05) is 12.2 Å². The highest BCUT2D eigenvalue weighted by Crippen LogP contribution is 2.06. The van der Waals surface area contributed by atoms with Crippen LogP contribution < -0.4 is 4.90 Å². The quantitative estimate of drug-likeness (QED) is 0.624. The van der Waals surface area contributed by atoms with E-state index in [1.54, 1.807) is 6.33 Å². The maximum atomic E-state index is 3.97. The molecular weight excluding hydrogens is 152 g/mol. The van der Waals surface area contributed by atoms with Crippen molar-refractivity contribution in [3.05, 3.63) is 18.5 Å². The van der Waals surface area contributed by atoms with Gasteiger partial charge in [-0.2, -0.15) is 0 Å². The van der Waals surface area contributed by atoms with Crippen molar-refractivity contribution >= 4 is 5.95 Å². The molecule has 4 nitrogen and oxygen atoms in total. The van der Waals surface area contributed by atoms with Crippen molar-refractivity contribution in [2.45, 2.75) is 6.92 Å². The Morgan fingerprint density at radius 1 is 1.75 bits per heavy atom. The maximum absolute atomic E-state index is 3.97. The molecule has 0 atom stereocenters. The van der Waals surface area contributed by atoms with Crippen molar-refractivity contribution < 1.29 is 0 Å². The molecule has 1 aromatic rings. The van der Waals surface area contributed by atoms with Gasteiger partial charge >= 0.3 is 0 Å². The monoisotopic (exact) mass is 166 g/mol. The summed E-state index contributed by atoms with van der Waals surface area (Å²) in [6, 6.07) is 0. The third-order valence-electron chi connectivity index (χ3n) is 1.54. The van der Waals surface area contributed by atoms with E-state index in [9.17, 15) is 0 Å². The van der Waals surface area contributed by atoms with Crippen LogP contribution in [0.1, 0.15) is 6.92 Å². The second-order valence-corrected chi connectivity index (χ2v) is 3.06. The molecule has 0 amide bonds. The van der Waals surface area contributed by atoms with Gasteiger partial charge < -0.3 is 9.47 Å². The van der Waals surface area contributed by atoms with Crippen molar-refractivity contribution in [1.82, 2.24) is 14.8 Å². The molecule has 0 aliphatic rings. The summed E-state index contributed by atoms with van der Waals surface area (Å²) in [6.07, 6.45) is 1.68. The van der Waals surface area contributed by atoms with Crippen molar-refractivity contribution in [1.29, 1.82) is 0 Å². The Morgan fingerprint density at radius 3 is 2.83 bits per heavy atom. The molecule has 0 bridgehead atoms. The van der Waals surface area contributed by atoms with Gasteiger partial charge in [0.05, 0.1) is 0 Å². The summed E-state index contributed by atoms with van der Waals surface area (Å²) in [5.74, 6) is 0.859. The van der Waals surface area contributed by atoms with E-state index < -0.39 is 0 Å². The van der Waals surface area contributed by atoms with Crippen LogP contribution in [0.15, 0.2) is 18.5 Å². The minimum atomic E-state index is 0.812. The maximum Gasteiger partial charge on any atom is 0.226 e. The lowest BCUT2D eigenvalue weighted by atomic mass is 10.3. The fourth-order valence-corrected chi connectivity index (χ4v) is 1.10. The number of aromatic nitrogens is 3. The molecule has 0 fully saturated rings. The van der Waals surface area contributed by atoms with Gasteiger partial charge in [0.1, 0.15) is 6.33 Å². The Balaban J connectivity index is 2.71. The largest absolute Gasteiger partial charge is 0.340 e. The van der Waals surface area contributed by atoms with E-state index in [4.69, 9.17) is 0 Å². The standard InChI is InChI=1S/C8H14N4/c1-7(2)5-11(3)8-10-9-6-12(8)4/h6H,1,5H2,2-4H3. The molecule has 1 aromatic heterocycles. The molecule has 0 N–H and O–H groups in total. The SMILES string of the molecule is C=C(C)CN(C)c1nncn1C. The van der Waals surface area contributed by atoms with E-state index in [1.165, 1.54) is 0 Å². The van der Waals surface area contributed by atoms with E-state index in [0.29, 0.717) is 0 Å². The minimum Gasteiger partial charge on any atom is -0.340 e. The van der Waals surface area contributed by atoms with Gasteiger partial charge in [-0.25, -0.2) is 0 Å². The number of likely N-dealkylation sites (N-methyl/N-ethyl adjacent to an activating group) is 1. The molecule has 1 rings (SSSR count). The molecule has 1 heterocycles. The number of hydrogen-bond acceptors (Lipinski definition) is 3. The molecule has 0 spiro atoms. The van der Waals surface area contributed by atoms with E-state index in [0.717, 1.165) is 18.1 Å². The molecule has 0 radical (unpaired) electrons. The first kappa shape index (κ1) is 8.77. The zero-order valence-electron chi connectivity index (χ0n) is 7.78. The Morgan fingerprint density at radius 2 is 2.42 bits per heavy atom. The fraction of sp³-hybridized carbons (Fsp3) is 0.500. The lowest BCUT2D eigenvalue weighted by Gasteiger charge is -2.16. The number of hydrogen-bond donors (Lipinski definition) is 0. The molecule has 0 aromatic carbocycles. The Labute approximate surface area is 72.5 Å². The number of aryl methyl sites for hydroxylation is 1. The molecule has 0 saturated carbocycles. The van der Waals surface area contributed by atoms with Crippen molar-refractivity contribution in [2.75, 3.05) is 18.5 Å². The van der Waals surface area contributed by atoms with Crippen LogP contribution in [0, 0.1) is 0 Å². The lowest BCUT2D eigenvalue weighted by molar-refractivity contribution is 0.833. The van der Waals surface area contributed by atoms with Gasteiger partial charge in [-0.15, -0.1) is 10.2 Å². The second kappa shape index (κ2) is 3.38. The van der Waals surface area contributed by atoms with Crippen molar-refractivity contribution in [3.63, 3.8) is 0 Å². The summed E-state index contributed by atoms with van der Waals surface area (Å²) in [7, 11) is 3.89. The predicted molar refractivity (Wildman–Crippen MR) is 49.1 cm³/mol. The van der Waals surface area contributed by atoms with Gasteiger partial charge in [0.25, 0.3) is 0 Å². The Hall–Kier alpha value is -1.32. The normalized spacial score (nSPS) is 9.92. The molecule has 12 heavy (non-hydrogen) atoms. The molecule has 66 valence electrons. The second-order valence-electron chi connectivity index (χ2n) is 3.06. The van der Waals surface area contributed by atoms with Crippen LogP contribution in [-0.4, -0.2) is 28.4 Å². The van der Waals surface area contributed by atoms with Crippen LogP contribution in [0.25, 0.3) is 0 Å². The average molecular weight is 166 g/mol. The van der Waals surface area contributed by atoms with Crippen LogP contribution in [0.5, 0.6) is 0 Å². The Bertz CT molecular complexity index is 276. The predicted octanol–water partition coefficient (Wildman–Crippen LogP) is 0.827. The summed E-state index contributed by atoms with van der Waals surface area (Å²) in [5.41, 5.74) is 1.11. The highest BCUT2D eigenvalue weighted by molar-refractivity contribution is 5.29. The molecule has 0 aliphatic heterocycles. The van der Waals surface area contributed by atoms with Crippen molar-refractivity contribution in [3.8, 4) is 0 Å². The summed E-state index contributed by atoms with van der Waals surface area (Å²) < 4.78 is 1.88. The Kier molecular flexibility index (Phi) is 2.47. The number of anilines is 1. The van der Waals surface area contributed by atoms with E-state index >= 15 is 0 Å². The highest BCUT2D eigenvalue weighted by atomic mass is 15.4. The van der Waals surface area contributed by atoms with Gasteiger partial charge in [0.15, 0.2) is 0 Å². The van der Waals surface area contributed by atoms with E-state index in [2.05, 4.69) is 16.8 Å². The summed E-state index contributed by atoms with van der Waals surface area (Å²) in [6.45, 7) is 6.64. The van der Waals surface area contributed by atoms with Gasteiger partial charge in [-0.3, -0.25) is 0 Å². The van der Waals surface area contributed by atoms with Gasteiger partial charge in [-0.05, 0) is 6.92 Å². The summed E-state index contributed by atoms with van der Waals surface area (Å²) >= 11 is 0. The first-order valence-corrected chi connectivity index (χ1v) is 3.80. The topological polar surface area (TPSA) is 34.0 Å². The number of nitrogens with zero attached hydrogens (tertiary/aromatic N) is 4. The minimum absolute atomic E-state index is 0.812. The third-order valence-corrected chi connectivity index (χ3v) is 1.54. The average Bonchev–Trinajstić information content (AvgIpc) is 2.33.